The maximum atomic E-state index is 13.1. The van der Waals surface area contributed by atoms with Crippen LogP contribution in [0.5, 0.6) is 0 Å². The standard InChI is InChI=1S/C63H114O14/c1-3-5-7-9-11-13-15-17-19-21-23-25-27-29-31-33-35-37-39-41-43-45-47-72-49-52(50-73-62-61(71)59(69)57(67)54(77-62)51-74-63-60(70)58(68)56(66)53(48-64)76-63)75-55(65)46-44-42-40-38-36-34-32-30-28-26-24-22-20-18-16-14-12-10-8-6-4-2/h15,17,21-24,27,29,52-54,56-64,66-71H,3-14,16,18-20,25-26,28,30-51H2,1-2H3/b17-15-,23-21-,24-22-,29-27-. The molecule has 11 atom stereocenters. The fourth-order valence-corrected chi connectivity index (χ4v) is 9.76. The summed E-state index contributed by atoms with van der Waals surface area (Å²) in [6.07, 6.45) is 44.5. The van der Waals surface area contributed by atoms with Crippen LogP contribution >= 0.6 is 0 Å². The van der Waals surface area contributed by atoms with Crippen LogP contribution in [-0.4, -0.2) is 142 Å². The first-order valence-corrected chi connectivity index (χ1v) is 31.2. The molecule has 0 aromatic rings. The first-order chi connectivity index (χ1) is 37.6. The second kappa shape index (κ2) is 49.7. The van der Waals surface area contributed by atoms with Crippen molar-refractivity contribution in [2.24, 2.45) is 0 Å². The van der Waals surface area contributed by atoms with Crippen LogP contribution in [0.3, 0.4) is 0 Å². The van der Waals surface area contributed by atoms with Crippen molar-refractivity contribution >= 4 is 5.97 Å². The highest BCUT2D eigenvalue weighted by atomic mass is 16.7. The van der Waals surface area contributed by atoms with Crippen LogP contribution in [0.2, 0.25) is 0 Å². The number of unbranched alkanes of at least 4 members (excludes halogenated alkanes) is 29. The molecule has 450 valence electrons. The summed E-state index contributed by atoms with van der Waals surface area (Å²) in [5.74, 6) is -0.380. The molecule has 0 aromatic carbocycles. The fourth-order valence-electron chi connectivity index (χ4n) is 9.76. The SMILES string of the molecule is CCCCCCC/C=C\C/C=C\C/C=C\CCCCCCCCCOCC(COC1OC(COC2OC(CO)C(O)C(O)C2O)C(O)C(O)C1O)OC(=O)CCCCCCCCCCC/C=C\CCCCCCCCCC. The number of carbonyl (C=O) groups is 1. The molecule has 2 saturated heterocycles. The van der Waals surface area contributed by atoms with Gasteiger partial charge in [0.15, 0.2) is 12.6 Å². The van der Waals surface area contributed by atoms with Gasteiger partial charge in [0, 0.05) is 13.0 Å². The van der Waals surface area contributed by atoms with E-state index in [0.29, 0.717) is 13.0 Å². The minimum absolute atomic E-state index is 0.0542. The minimum atomic E-state index is -1.71. The highest BCUT2D eigenvalue weighted by molar-refractivity contribution is 5.69. The molecule has 0 bridgehead atoms. The van der Waals surface area contributed by atoms with Gasteiger partial charge in [-0.15, -0.1) is 0 Å². The van der Waals surface area contributed by atoms with Gasteiger partial charge in [-0.2, -0.15) is 0 Å². The summed E-state index contributed by atoms with van der Waals surface area (Å²) in [4.78, 5) is 13.1. The minimum Gasteiger partial charge on any atom is -0.457 e. The van der Waals surface area contributed by atoms with E-state index >= 15 is 0 Å². The fraction of sp³-hybridized carbons (Fsp3) is 0.857. The monoisotopic (exact) mass is 1090 g/mol. The summed E-state index contributed by atoms with van der Waals surface area (Å²) in [7, 11) is 0. The van der Waals surface area contributed by atoms with Gasteiger partial charge in [0.25, 0.3) is 0 Å². The third-order valence-corrected chi connectivity index (χ3v) is 14.8. The molecule has 14 heteroatoms. The second-order valence-corrected chi connectivity index (χ2v) is 21.9. The van der Waals surface area contributed by atoms with Gasteiger partial charge in [0.05, 0.1) is 26.4 Å². The number of ether oxygens (including phenoxy) is 6. The first kappa shape index (κ1) is 71.1. The number of allylic oxidation sites excluding steroid dienone is 8. The second-order valence-electron chi connectivity index (χ2n) is 21.9. The molecule has 7 N–H and O–H groups in total. The number of esters is 1. The first-order valence-electron chi connectivity index (χ1n) is 31.2. The van der Waals surface area contributed by atoms with E-state index in [9.17, 15) is 40.5 Å². The molecule has 2 heterocycles. The molecule has 0 aliphatic carbocycles. The van der Waals surface area contributed by atoms with Crippen LogP contribution in [0.1, 0.15) is 245 Å². The van der Waals surface area contributed by atoms with Crippen molar-refractivity contribution in [1.82, 2.24) is 0 Å². The Labute approximate surface area is 467 Å². The lowest BCUT2D eigenvalue weighted by atomic mass is 9.98. The van der Waals surface area contributed by atoms with Gasteiger partial charge in [-0.3, -0.25) is 4.79 Å². The van der Waals surface area contributed by atoms with E-state index in [1.54, 1.807) is 0 Å². The summed E-state index contributed by atoms with van der Waals surface area (Å²) in [6.45, 7) is 3.68. The predicted octanol–water partition coefficient (Wildman–Crippen LogP) is 11.9. The lowest BCUT2D eigenvalue weighted by Gasteiger charge is -2.42. The van der Waals surface area contributed by atoms with Crippen LogP contribution in [-0.2, 0) is 33.2 Å². The molecule has 2 fully saturated rings. The number of hydrogen-bond donors (Lipinski definition) is 7. The third-order valence-electron chi connectivity index (χ3n) is 14.8. The van der Waals surface area contributed by atoms with E-state index in [1.165, 1.54) is 161 Å². The van der Waals surface area contributed by atoms with Gasteiger partial charge in [-0.25, -0.2) is 0 Å². The Hall–Kier alpha value is -2.05. The average Bonchev–Trinajstić information content (AvgIpc) is 3.43. The van der Waals surface area contributed by atoms with Crippen LogP contribution in [0.25, 0.3) is 0 Å². The molecular formula is C63H114O14. The highest BCUT2D eigenvalue weighted by Crippen LogP contribution is 2.27. The lowest BCUT2D eigenvalue weighted by molar-refractivity contribution is -0.332. The van der Waals surface area contributed by atoms with Crippen molar-refractivity contribution in [3.63, 3.8) is 0 Å². The molecule has 11 unspecified atom stereocenters. The molecule has 2 rings (SSSR count). The summed E-state index contributed by atoms with van der Waals surface area (Å²) in [5, 5.41) is 72.4. The molecule has 0 aromatic heterocycles. The van der Waals surface area contributed by atoms with Crippen molar-refractivity contribution in [2.45, 2.75) is 313 Å². The topological polar surface area (TPSA) is 214 Å². The van der Waals surface area contributed by atoms with E-state index in [4.69, 9.17) is 28.4 Å². The zero-order valence-electron chi connectivity index (χ0n) is 48.4. The van der Waals surface area contributed by atoms with E-state index < -0.39 is 80.7 Å². The number of rotatable bonds is 51. The van der Waals surface area contributed by atoms with E-state index in [-0.39, 0.29) is 25.6 Å². The Bertz CT molecular complexity index is 1460. The Kier molecular flexibility index (Phi) is 45.9. The largest absolute Gasteiger partial charge is 0.457 e. The van der Waals surface area contributed by atoms with Crippen molar-refractivity contribution in [3.8, 4) is 0 Å². The highest BCUT2D eigenvalue weighted by Gasteiger charge is 2.47. The smallest absolute Gasteiger partial charge is 0.306 e. The Morgan fingerprint density at radius 2 is 0.805 bits per heavy atom. The van der Waals surface area contributed by atoms with Crippen molar-refractivity contribution in [3.05, 3.63) is 48.6 Å². The summed E-state index contributed by atoms with van der Waals surface area (Å²) in [5.41, 5.74) is 0. The van der Waals surface area contributed by atoms with Crippen LogP contribution in [0.15, 0.2) is 48.6 Å². The Balaban J connectivity index is 1.70. The van der Waals surface area contributed by atoms with Crippen LogP contribution in [0.4, 0.5) is 0 Å². The normalized spacial score (nSPS) is 24.6. The summed E-state index contributed by atoms with van der Waals surface area (Å²) >= 11 is 0. The van der Waals surface area contributed by atoms with Gasteiger partial charge < -0.3 is 64.2 Å². The number of hydrogen-bond acceptors (Lipinski definition) is 14. The number of aliphatic hydroxyl groups excluding tert-OH is 7. The maximum Gasteiger partial charge on any atom is 0.306 e. The quantitative estimate of drug-likeness (QED) is 0.0172. The van der Waals surface area contributed by atoms with Gasteiger partial charge in [0.2, 0.25) is 0 Å². The van der Waals surface area contributed by atoms with Crippen LogP contribution < -0.4 is 0 Å². The van der Waals surface area contributed by atoms with Crippen molar-refractivity contribution in [2.75, 3.05) is 33.0 Å². The Morgan fingerprint density at radius 1 is 0.429 bits per heavy atom. The number of aliphatic hydroxyl groups is 7. The molecule has 0 spiro atoms. The zero-order chi connectivity index (χ0) is 55.8. The van der Waals surface area contributed by atoms with Crippen LogP contribution in [0, 0.1) is 0 Å². The average molecular weight is 1100 g/mol. The van der Waals surface area contributed by atoms with E-state index in [2.05, 4.69) is 62.5 Å². The molecule has 2 aliphatic rings. The molecular weight excluding hydrogens is 981 g/mol. The molecule has 14 nitrogen and oxygen atoms in total. The van der Waals surface area contributed by atoms with Gasteiger partial charge >= 0.3 is 5.97 Å². The van der Waals surface area contributed by atoms with Crippen molar-refractivity contribution in [1.29, 1.82) is 0 Å². The Morgan fingerprint density at radius 3 is 1.27 bits per heavy atom. The van der Waals surface area contributed by atoms with Gasteiger partial charge in [-0.05, 0) is 77.0 Å². The van der Waals surface area contributed by atoms with Gasteiger partial charge in [-0.1, -0.05) is 210 Å². The molecule has 77 heavy (non-hydrogen) atoms. The molecule has 0 amide bonds. The lowest BCUT2D eigenvalue weighted by Crippen LogP contribution is -2.61. The van der Waals surface area contributed by atoms with E-state index in [1.807, 2.05) is 0 Å². The van der Waals surface area contributed by atoms with Gasteiger partial charge in [0.1, 0.15) is 54.9 Å². The third kappa shape index (κ3) is 36.1. The maximum absolute atomic E-state index is 13.1. The van der Waals surface area contributed by atoms with E-state index in [0.717, 1.165) is 57.8 Å². The van der Waals surface area contributed by atoms with Crippen molar-refractivity contribution < 1.29 is 69.0 Å². The zero-order valence-corrected chi connectivity index (χ0v) is 48.4. The number of carbonyl (C=O) groups excluding carboxylic acids is 1. The summed E-state index contributed by atoms with van der Waals surface area (Å²) in [6, 6.07) is 0. The molecule has 0 radical (unpaired) electrons. The molecule has 2 aliphatic heterocycles. The summed E-state index contributed by atoms with van der Waals surface area (Å²) < 4.78 is 34.5. The predicted molar refractivity (Wildman–Crippen MR) is 307 cm³/mol. The molecule has 0 saturated carbocycles.